The van der Waals surface area contributed by atoms with E-state index in [1.54, 1.807) is 12.1 Å². The van der Waals surface area contributed by atoms with Crippen molar-refractivity contribution in [1.82, 2.24) is 9.97 Å². The van der Waals surface area contributed by atoms with Crippen molar-refractivity contribution in [3.8, 4) is 17.3 Å². The first-order chi connectivity index (χ1) is 17.3. The third kappa shape index (κ3) is 4.27. The van der Waals surface area contributed by atoms with Gasteiger partial charge in [0.15, 0.2) is 10.9 Å². The van der Waals surface area contributed by atoms with Crippen LogP contribution in [0.4, 0.5) is 25.3 Å². The van der Waals surface area contributed by atoms with Crippen molar-refractivity contribution in [2.45, 2.75) is 32.7 Å². The van der Waals surface area contributed by atoms with E-state index in [4.69, 9.17) is 10.7 Å². The third-order valence-corrected chi connectivity index (χ3v) is 7.37. The molecule has 0 radical (unpaired) electrons. The maximum absolute atomic E-state index is 15.4. The second-order valence-corrected chi connectivity index (χ2v) is 10.2. The lowest BCUT2D eigenvalue weighted by Gasteiger charge is -2.39. The summed E-state index contributed by atoms with van der Waals surface area (Å²) in [6, 6.07) is 13.7. The molecular weight excluding hydrogens is 478 g/mol. The van der Waals surface area contributed by atoms with E-state index in [9.17, 15) is 9.65 Å². The minimum atomic E-state index is -0.383. The molecule has 3 heterocycles. The zero-order valence-corrected chi connectivity index (χ0v) is 21.1. The molecule has 0 amide bonds. The number of hydrogen-bond acceptors (Lipinski definition) is 7. The van der Waals surface area contributed by atoms with Crippen molar-refractivity contribution in [2.75, 3.05) is 29.4 Å². The number of pyridine rings is 1. The number of rotatable bonds is 6. The number of thiazole rings is 1. The number of nitriles is 1. The molecule has 0 spiro atoms. The topological polar surface area (TPSA) is 82.1 Å². The summed E-state index contributed by atoms with van der Waals surface area (Å²) in [5, 5.41) is 11.1. The van der Waals surface area contributed by atoms with Gasteiger partial charge < -0.3 is 15.5 Å². The van der Waals surface area contributed by atoms with Crippen molar-refractivity contribution >= 4 is 38.7 Å². The zero-order valence-electron chi connectivity index (χ0n) is 20.3. The summed E-state index contributed by atoms with van der Waals surface area (Å²) in [4.78, 5) is 13.9. The van der Waals surface area contributed by atoms with Gasteiger partial charge in [-0.15, -0.1) is 0 Å². The smallest absolute Gasteiger partial charge is 0.191 e. The molecule has 0 bridgehead atoms. The molecule has 1 aliphatic heterocycles. The Kier molecular flexibility index (Phi) is 6.33. The molecule has 36 heavy (non-hydrogen) atoms. The molecule has 1 aliphatic rings. The van der Waals surface area contributed by atoms with E-state index in [0.717, 1.165) is 17.1 Å². The fraction of sp³-hybridized carbons (Fsp3) is 0.296. The highest BCUT2D eigenvalue weighted by Crippen LogP contribution is 2.41. The van der Waals surface area contributed by atoms with E-state index < -0.39 is 0 Å². The molecule has 0 unspecified atom stereocenters. The first kappa shape index (κ1) is 24.1. The maximum atomic E-state index is 15.4. The van der Waals surface area contributed by atoms with E-state index in [0.29, 0.717) is 51.8 Å². The third-order valence-electron chi connectivity index (χ3n) is 6.39. The number of nitrogens with zero attached hydrogens (tertiary/aromatic N) is 5. The number of nitrogens with two attached hydrogens (primary N) is 1. The van der Waals surface area contributed by atoms with Crippen LogP contribution in [0.2, 0.25) is 0 Å². The van der Waals surface area contributed by atoms with Gasteiger partial charge in [-0.1, -0.05) is 25.2 Å². The van der Waals surface area contributed by atoms with Crippen LogP contribution in [0.3, 0.4) is 0 Å². The zero-order chi connectivity index (χ0) is 25.6. The average molecular weight is 505 g/mol. The second-order valence-electron chi connectivity index (χ2n) is 9.25. The average Bonchev–Trinajstić information content (AvgIpc) is 3.27. The molecule has 2 N–H and O–H groups in total. The monoisotopic (exact) mass is 504 g/mol. The van der Waals surface area contributed by atoms with Crippen molar-refractivity contribution in [3.63, 3.8) is 0 Å². The molecule has 184 valence electrons. The fourth-order valence-electron chi connectivity index (χ4n) is 4.41. The van der Waals surface area contributed by atoms with Crippen LogP contribution in [-0.2, 0) is 0 Å². The van der Waals surface area contributed by atoms with Gasteiger partial charge in [0.2, 0.25) is 0 Å². The Labute approximate surface area is 212 Å². The van der Waals surface area contributed by atoms with Gasteiger partial charge in [-0.25, -0.2) is 18.7 Å². The van der Waals surface area contributed by atoms with Gasteiger partial charge in [-0.3, -0.25) is 0 Å². The molecule has 0 atom stereocenters. The number of hydrogen-bond donors (Lipinski definition) is 1. The summed E-state index contributed by atoms with van der Waals surface area (Å²) < 4.78 is 28.9. The van der Waals surface area contributed by atoms with Crippen molar-refractivity contribution in [1.29, 1.82) is 5.26 Å². The van der Waals surface area contributed by atoms with Gasteiger partial charge >= 0.3 is 0 Å². The summed E-state index contributed by atoms with van der Waals surface area (Å²) in [6.45, 7) is 7.92. The molecule has 5 rings (SSSR count). The summed E-state index contributed by atoms with van der Waals surface area (Å²) in [6.07, 6.45) is 0. The fourth-order valence-corrected chi connectivity index (χ4v) is 5.37. The standard InChI is InChI=1S/C27H26F2N6S/c1-4-35(27-33-25(24(12-30)36-27)16-5-7-17(28)8-6-16)23-11-22(15(2)3)32-26-20(23)9-19(10-21(26)29)34-13-18(31)14-34/h5-11,15,18H,4,13-14,31H2,1-3H3. The highest BCUT2D eigenvalue weighted by molar-refractivity contribution is 7.16. The largest absolute Gasteiger partial charge is 0.368 e. The minimum absolute atomic E-state index is 0.0834. The van der Waals surface area contributed by atoms with Crippen LogP contribution >= 0.6 is 11.3 Å². The normalized spacial score (nSPS) is 13.8. The highest BCUT2D eigenvalue weighted by Gasteiger charge is 2.26. The quantitative estimate of drug-likeness (QED) is 0.350. The Bertz CT molecular complexity index is 1470. The first-order valence-corrected chi connectivity index (χ1v) is 12.7. The van der Waals surface area contributed by atoms with Crippen LogP contribution in [0.1, 0.15) is 37.3 Å². The summed E-state index contributed by atoms with van der Waals surface area (Å²) in [5.74, 6) is -0.653. The Balaban J connectivity index is 1.68. The lowest BCUT2D eigenvalue weighted by atomic mass is 10.0. The molecular formula is C27H26F2N6S. The predicted molar refractivity (Wildman–Crippen MR) is 141 cm³/mol. The Morgan fingerprint density at radius 3 is 2.50 bits per heavy atom. The van der Waals surface area contributed by atoms with Crippen LogP contribution in [0.25, 0.3) is 22.2 Å². The first-order valence-electron chi connectivity index (χ1n) is 11.9. The Morgan fingerprint density at radius 1 is 1.17 bits per heavy atom. The van der Waals surface area contributed by atoms with Crippen molar-refractivity contribution < 1.29 is 8.78 Å². The van der Waals surface area contributed by atoms with E-state index in [2.05, 4.69) is 11.1 Å². The van der Waals surface area contributed by atoms with Crippen LogP contribution in [0.5, 0.6) is 0 Å². The van der Waals surface area contributed by atoms with E-state index >= 15 is 4.39 Å². The van der Waals surface area contributed by atoms with E-state index in [1.807, 2.05) is 42.7 Å². The summed E-state index contributed by atoms with van der Waals surface area (Å²) in [5.41, 5.74) is 9.74. The predicted octanol–water partition coefficient (Wildman–Crippen LogP) is 5.94. The van der Waals surface area contributed by atoms with Crippen LogP contribution in [-0.4, -0.2) is 35.6 Å². The molecule has 2 aromatic heterocycles. The van der Waals surface area contributed by atoms with E-state index in [-0.39, 0.29) is 23.6 Å². The van der Waals surface area contributed by atoms with Crippen molar-refractivity contribution in [2.24, 2.45) is 5.73 Å². The van der Waals surface area contributed by atoms with E-state index in [1.165, 1.54) is 29.5 Å². The van der Waals surface area contributed by atoms with Gasteiger partial charge in [0.05, 0.1) is 5.69 Å². The van der Waals surface area contributed by atoms with Gasteiger partial charge in [0.25, 0.3) is 0 Å². The number of anilines is 3. The lowest BCUT2D eigenvalue weighted by molar-refractivity contribution is 0.518. The lowest BCUT2D eigenvalue weighted by Crippen LogP contribution is -2.55. The number of aromatic nitrogens is 2. The molecule has 2 aromatic carbocycles. The van der Waals surface area contributed by atoms with Crippen LogP contribution in [0.15, 0.2) is 42.5 Å². The summed E-state index contributed by atoms with van der Waals surface area (Å²) in [7, 11) is 0. The highest BCUT2D eigenvalue weighted by atomic mass is 32.1. The van der Waals surface area contributed by atoms with Crippen LogP contribution < -0.4 is 15.5 Å². The van der Waals surface area contributed by atoms with Gasteiger partial charge in [0.1, 0.15) is 28.0 Å². The molecule has 0 saturated carbocycles. The number of benzene rings is 2. The van der Waals surface area contributed by atoms with Gasteiger partial charge in [-0.05, 0) is 55.3 Å². The Hall–Kier alpha value is -3.61. The Morgan fingerprint density at radius 2 is 1.89 bits per heavy atom. The van der Waals surface area contributed by atoms with Gasteiger partial charge in [0, 0.05) is 48.0 Å². The van der Waals surface area contributed by atoms with Crippen LogP contribution in [0, 0.1) is 23.0 Å². The molecule has 1 saturated heterocycles. The summed E-state index contributed by atoms with van der Waals surface area (Å²) >= 11 is 1.26. The maximum Gasteiger partial charge on any atom is 0.191 e. The molecule has 4 aromatic rings. The molecule has 9 heteroatoms. The molecule has 6 nitrogen and oxygen atoms in total. The van der Waals surface area contributed by atoms with Gasteiger partial charge in [-0.2, -0.15) is 5.26 Å². The SMILES string of the molecule is CCN(c1nc(-c2ccc(F)cc2)c(C#N)s1)c1cc(C(C)C)nc2c(F)cc(N3CC(N)C3)cc12. The number of fused-ring (bicyclic) bond motifs is 1. The molecule has 0 aliphatic carbocycles. The van der Waals surface area contributed by atoms with Crippen molar-refractivity contribution in [3.05, 3.63) is 64.7 Å². The second kappa shape index (κ2) is 9.45. The number of halogens is 2. The molecule has 1 fully saturated rings. The minimum Gasteiger partial charge on any atom is -0.368 e.